The van der Waals surface area contributed by atoms with E-state index in [9.17, 15) is 9.59 Å². The van der Waals surface area contributed by atoms with Crippen molar-refractivity contribution in [3.63, 3.8) is 0 Å². The highest BCUT2D eigenvalue weighted by atomic mass is 32.1. The fourth-order valence-corrected chi connectivity index (χ4v) is 5.19. The number of amides is 2. The minimum absolute atomic E-state index is 0.110. The summed E-state index contributed by atoms with van der Waals surface area (Å²) in [7, 11) is 0. The van der Waals surface area contributed by atoms with Gasteiger partial charge in [-0.15, -0.1) is 10.2 Å². The lowest BCUT2D eigenvalue weighted by atomic mass is 10.0. The van der Waals surface area contributed by atoms with E-state index < -0.39 is 6.04 Å². The van der Waals surface area contributed by atoms with Crippen molar-refractivity contribution in [1.29, 1.82) is 0 Å². The van der Waals surface area contributed by atoms with Crippen LogP contribution in [-0.4, -0.2) is 46.3 Å². The van der Waals surface area contributed by atoms with Crippen LogP contribution < -0.4 is 14.8 Å². The summed E-state index contributed by atoms with van der Waals surface area (Å²) < 4.78 is 10.8. The molecule has 2 aliphatic rings. The summed E-state index contributed by atoms with van der Waals surface area (Å²) in [5, 5.41) is 12.3. The molecular formula is C26H28N4O4S. The van der Waals surface area contributed by atoms with Crippen LogP contribution in [-0.2, 0) is 11.2 Å². The van der Waals surface area contributed by atoms with Crippen LogP contribution in [0.2, 0.25) is 0 Å². The first-order valence-electron chi connectivity index (χ1n) is 12.1. The number of likely N-dealkylation sites (tertiary alicyclic amines) is 1. The van der Waals surface area contributed by atoms with Crippen molar-refractivity contribution in [2.24, 2.45) is 0 Å². The maximum absolute atomic E-state index is 13.2. The maximum Gasteiger partial charge on any atom is 0.254 e. The number of aromatic nitrogens is 2. The summed E-state index contributed by atoms with van der Waals surface area (Å²) in [5.41, 5.74) is 2.69. The van der Waals surface area contributed by atoms with E-state index in [0.717, 1.165) is 24.8 Å². The van der Waals surface area contributed by atoms with E-state index in [1.54, 1.807) is 4.90 Å². The maximum atomic E-state index is 13.2. The number of anilines is 1. The molecule has 2 aliphatic heterocycles. The minimum Gasteiger partial charge on any atom is -0.454 e. The van der Waals surface area contributed by atoms with Crippen LogP contribution in [0, 0.1) is 0 Å². The fourth-order valence-electron chi connectivity index (χ4n) is 4.45. The normalized spacial score (nSPS) is 16.5. The zero-order chi connectivity index (χ0) is 24.2. The van der Waals surface area contributed by atoms with Crippen molar-refractivity contribution >= 4 is 28.3 Å². The first kappa shape index (κ1) is 23.3. The van der Waals surface area contributed by atoms with E-state index in [0.29, 0.717) is 40.2 Å². The number of carbonyl (C=O) groups is 2. The molecule has 0 radical (unpaired) electrons. The zero-order valence-corrected chi connectivity index (χ0v) is 20.5. The largest absolute Gasteiger partial charge is 0.454 e. The standard InChI is InChI=1S/C26H28N4O4S/c1-2-3-4-6-17-8-10-18(11-9-17)25(32)30-14-5-7-20(30)23(31)27-26-29-28-24(35-26)19-12-13-21-22(15-19)34-16-33-21/h8-13,15,20H,2-7,14,16H2,1H3,(H,27,29,31). The molecule has 0 bridgehead atoms. The molecule has 182 valence electrons. The van der Waals surface area contributed by atoms with Gasteiger partial charge in [-0.25, -0.2) is 0 Å². The molecule has 1 fully saturated rings. The average molecular weight is 493 g/mol. The molecule has 3 aromatic rings. The van der Waals surface area contributed by atoms with Gasteiger partial charge in [0.05, 0.1) is 0 Å². The Balaban J connectivity index is 1.22. The van der Waals surface area contributed by atoms with Gasteiger partial charge in [0.15, 0.2) is 11.5 Å². The summed E-state index contributed by atoms with van der Waals surface area (Å²) in [6, 6.07) is 12.8. The first-order valence-corrected chi connectivity index (χ1v) is 12.9. The Morgan fingerprint density at radius 2 is 1.91 bits per heavy atom. The lowest BCUT2D eigenvalue weighted by Gasteiger charge is -2.23. The molecule has 0 spiro atoms. The molecule has 5 rings (SSSR count). The number of nitrogens with zero attached hydrogens (tertiary/aromatic N) is 3. The van der Waals surface area contributed by atoms with E-state index in [2.05, 4.69) is 22.4 Å². The van der Waals surface area contributed by atoms with Crippen molar-refractivity contribution in [1.82, 2.24) is 15.1 Å². The Morgan fingerprint density at radius 1 is 1.09 bits per heavy atom. The van der Waals surface area contributed by atoms with Gasteiger partial charge in [-0.2, -0.15) is 0 Å². The molecule has 2 amide bonds. The monoisotopic (exact) mass is 492 g/mol. The SMILES string of the molecule is CCCCCc1ccc(C(=O)N2CCCC2C(=O)Nc2nnc(-c3ccc4c(c3)OCO4)s2)cc1. The summed E-state index contributed by atoms with van der Waals surface area (Å²) in [4.78, 5) is 27.9. The van der Waals surface area contributed by atoms with Crippen LogP contribution in [0.3, 0.4) is 0 Å². The minimum atomic E-state index is -0.523. The highest BCUT2D eigenvalue weighted by molar-refractivity contribution is 7.18. The van der Waals surface area contributed by atoms with Crippen LogP contribution >= 0.6 is 11.3 Å². The Kier molecular flexibility index (Phi) is 6.94. The highest BCUT2D eigenvalue weighted by Crippen LogP contribution is 2.37. The quantitative estimate of drug-likeness (QED) is 0.449. The van der Waals surface area contributed by atoms with Crippen molar-refractivity contribution in [3.05, 3.63) is 53.6 Å². The average Bonchev–Trinajstić information content (AvgIpc) is 3.64. The van der Waals surface area contributed by atoms with Crippen LogP contribution in [0.1, 0.15) is 54.9 Å². The number of fused-ring (bicyclic) bond motifs is 1. The van der Waals surface area contributed by atoms with E-state index in [1.807, 2.05) is 42.5 Å². The number of hydrogen-bond donors (Lipinski definition) is 1. The molecule has 2 aromatic carbocycles. The summed E-state index contributed by atoms with van der Waals surface area (Å²) >= 11 is 1.28. The number of hydrogen-bond acceptors (Lipinski definition) is 7. The number of unbranched alkanes of at least 4 members (excludes halogenated alkanes) is 2. The third kappa shape index (κ3) is 5.14. The van der Waals surface area contributed by atoms with Crippen LogP contribution in [0.25, 0.3) is 10.6 Å². The van der Waals surface area contributed by atoms with E-state index >= 15 is 0 Å². The summed E-state index contributed by atoms with van der Waals surface area (Å²) in [5.74, 6) is 1.02. The number of aryl methyl sites for hydroxylation is 1. The molecule has 9 heteroatoms. The molecule has 0 aliphatic carbocycles. The van der Waals surface area contributed by atoms with Crippen molar-refractivity contribution in [2.45, 2.75) is 51.5 Å². The predicted molar refractivity (Wildman–Crippen MR) is 134 cm³/mol. The van der Waals surface area contributed by atoms with Gasteiger partial charge in [-0.3, -0.25) is 14.9 Å². The first-order chi connectivity index (χ1) is 17.1. The van der Waals surface area contributed by atoms with Crippen LogP contribution in [0.15, 0.2) is 42.5 Å². The number of rotatable bonds is 8. The molecule has 0 saturated carbocycles. The molecule has 8 nitrogen and oxygen atoms in total. The second kappa shape index (κ2) is 10.4. The number of carbonyl (C=O) groups excluding carboxylic acids is 2. The van der Waals surface area contributed by atoms with Gasteiger partial charge in [0.25, 0.3) is 5.91 Å². The van der Waals surface area contributed by atoms with Crippen LogP contribution in [0.4, 0.5) is 5.13 Å². The highest BCUT2D eigenvalue weighted by Gasteiger charge is 2.35. The van der Waals surface area contributed by atoms with Crippen molar-refractivity contribution < 1.29 is 19.1 Å². The molecule has 1 saturated heterocycles. The fraction of sp³-hybridized carbons (Fsp3) is 0.385. The molecule has 1 atom stereocenters. The van der Waals surface area contributed by atoms with Gasteiger partial charge >= 0.3 is 0 Å². The third-order valence-corrected chi connectivity index (χ3v) is 7.25. The Labute approximate surface area is 208 Å². The lowest BCUT2D eigenvalue weighted by Crippen LogP contribution is -2.43. The zero-order valence-electron chi connectivity index (χ0n) is 19.7. The Morgan fingerprint density at radius 3 is 2.74 bits per heavy atom. The molecule has 1 unspecified atom stereocenters. The van der Waals surface area contributed by atoms with Gasteiger partial charge in [0.2, 0.25) is 17.8 Å². The van der Waals surface area contributed by atoms with Gasteiger partial charge < -0.3 is 14.4 Å². The van der Waals surface area contributed by atoms with Crippen molar-refractivity contribution in [2.75, 3.05) is 18.7 Å². The molecular weight excluding hydrogens is 464 g/mol. The summed E-state index contributed by atoms with van der Waals surface area (Å²) in [6.45, 7) is 2.96. The van der Waals surface area contributed by atoms with Gasteiger partial charge in [-0.1, -0.05) is 43.2 Å². The number of benzene rings is 2. The topological polar surface area (TPSA) is 93.7 Å². The van der Waals surface area contributed by atoms with Gasteiger partial charge in [0, 0.05) is 17.7 Å². The molecule has 3 heterocycles. The molecule has 1 N–H and O–H groups in total. The predicted octanol–water partition coefficient (Wildman–Crippen LogP) is 4.91. The van der Waals surface area contributed by atoms with Crippen LogP contribution in [0.5, 0.6) is 11.5 Å². The molecule has 1 aromatic heterocycles. The Bertz CT molecular complexity index is 1210. The Hall–Kier alpha value is -3.46. The van der Waals surface area contributed by atoms with Gasteiger partial charge in [0.1, 0.15) is 11.0 Å². The smallest absolute Gasteiger partial charge is 0.254 e. The summed E-state index contributed by atoms with van der Waals surface area (Å²) in [6.07, 6.45) is 5.98. The van der Waals surface area contributed by atoms with E-state index in [1.165, 1.54) is 29.7 Å². The molecule has 35 heavy (non-hydrogen) atoms. The third-order valence-electron chi connectivity index (χ3n) is 6.36. The number of ether oxygens (including phenoxy) is 2. The lowest BCUT2D eigenvalue weighted by molar-refractivity contribution is -0.119. The van der Waals surface area contributed by atoms with Gasteiger partial charge in [-0.05, 0) is 61.6 Å². The second-order valence-electron chi connectivity index (χ2n) is 8.78. The second-order valence-corrected chi connectivity index (χ2v) is 9.76. The van der Waals surface area contributed by atoms with E-state index in [-0.39, 0.29) is 18.6 Å². The van der Waals surface area contributed by atoms with E-state index in [4.69, 9.17) is 9.47 Å². The van der Waals surface area contributed by atoms with Crippen molar-refractivity contribution in [3.8, 4) is 22.1 Å². The number of nitrogens with one attached hydrogen (secondary N) is 1.